The van der Waals surface area contributed by atoms with Crippen LogP contribution in [0.4, 0.5) is 10.6 Å². The van der Waals surface area contributed by atoms with Gasteiger partial charge < -0.3 is 14.7 Å². The van der Waals surface area contributed by atoms with Gasteiger partial charge in [-0.1, -0.05) is 48.5 Å². The van der Waals surface area contributed by atoms with E-state index in [9.17, 15) is 19.5 Å². The van der Waals surface area contributed by atoms with Gasteiger partial charge in [0.05, 0.1) is 0 Å². The number of anilines is 1. The molecule has 2 aromatic carbocycles. The number of piperidine rings is 1. The van der Waals surface area contributed by atoms with Gasteiger partial charge in [0.15, 0.2) is 0 Å². The molecule has 3 aromatic rings. The van der Waals surface area contributed by atoms with E-state index >= 15 is 0 Å². The Labute approximate surface area is 199 Å². The summed E-state index contributed by atoms with van der Waals surface area (Å²) in [5.41, 5.74) is 2.91. The third-order valence-electron chi connectivity index (χ3n) is 7.36. The van der Waals surface area contributed by atoms with Crippen molar-refractivity contribution in [3.8, 4) is 11.1 Å². The second-order valence-electron chi connectivity index (χ2n) is 9.14. The molecule has 35 heavy (non-hydrogen) atoms. The number of aliphatic carboxylic acids is 1. The fraction of sp³-hybridized carbons (Fsp3) is 0.320. The summed E-state index contributed by atoms with van der Waals surface area (Å²) in [4.78, 5) is 39.0. The van der Waals surface area contributed by atoms with Gasteiger partial charge in [-0.2, -0.15) is 0 Å². The van der Waals surface area contributed by atoms with Gasteiger partial charge in [-0.15, -0.1) is 0 Å². The van der Waals surface area contributed by atoms with Crippen LogP contribution in [0.3, 0.4) is 0 Å². The van der Waals surface area contributed by atoms with Gasteiger partial charge in [-0.05, 0) is 57.7 Å². The van der Waals surface area contributed by atoms with E-state index in [1.807, 2.05) is 48.5 Å². The molecule has 0 spiro atoms. The third kappa shape index (κ3) is 3.28. The number of ether oxygens (including phenoxy) is 1. The molecular weight excluding hydrogens is 452 g/mol. The van der Waals surface area contributed by atoms with E-state index in [-0.39, 0.29) is 30.0 Å². The number of rotatable bonds is 5. The minimum atomic E-state index is -1.21. The van der Waals surface area contributed by atoms with Crippen LogP contribution in [0, 0.1) is 5.92 Å². The lowest BCUT2D eigenvalue weighted by Crippen LogP contribution is -2.51. The molecule has 2 atom stereocenters. The second-order valence-corrected chi connectivity index (χ2v) is 9.14. The van der Waals surface area contributed by atoms with Crippen LogP contribution in [0.25, 0.3) is 11.1 Å². The van der Waals surface area contributed by atoms with E-state index in [1.165, 1.54) is 4.90 Å². The fourth-order valence-corrected chi connectivity index (χ4v) is 5.61. The molecule has 2 heterocycles. The average Bonchev–Trinajstić information content (AvgIpc) is 3.34. The van der Waals surface area contributed by atoms with Crippen LogP contribution in [0.1, 0.15) is 46.8 Å². The van der Waals surface area contributed by atoms with Crippen LogP contribution < -0.4 is 5.32 Å². The van der Waals surface area contributed by atoms with Crippen LogP contribution in [-0.4, -0.2) is 57.0 Å². The van der Waals surface area contributed by atoms with Gasteiger partial charge in [-0.25, -0.2) is 14.2 Å². The highest BCUT2D eigenvalue weighted by molar-refractivity contribution is 6.03. The maximum absolute atomic E-state index is 13.2. The van der Waals surface area contributed by atoms with Gasteiger partial charge >= 0.3 is 12.1 Å². The summed E-state index contributed by atoms with van der Waals surface area (Å²) in [5.74, 6) is -2.06. The van der Waals surface area contributed by atoms with Crippen LogP contribution in [0.5, 0.6) is 0 Å². The lowest BCUT2D eigenvalue weighted by Gasteiger charge is -2.32. The number of carboxylic acid groups (broad SMARTS) is 1. The van der Waals surface area contributed by atoms with Crippen molar-refractivity contribution >= 4 is 23.8 Å². The van der Waals surface area contributed by atoms with Crippen molar-refractivity contribution in [1.82, 2.24) is 15.2 Å². The molecule has 178 valence electrons. The molecule has 0 bridgehead atoms. The first-order valence-corrected chi connectivity index (χ1v) is 11.5. The van der Waals surface area contributed by atoms with Gasteiger partial charge in [0.1, 0.15) is 12.1 Å². The summed E-state index contributed by atoms with van der Waals surface area (Å²) in [5, 5.41) is 19.5. The molecule has 2 unspecified atom stereocenters. The largest absolute Gasteiger partial charge is 0.479 e. The smallest absolute Gasteiger partial charge is 0.412 e. The first kappa shape index (κ1) is 21.3. The van der Waals surface area contributed by atoms with Crippen LogP contribution >= 0.6 is 0 Å². The Morgan fingerprint density at radius 2 is 1.77 bits per heavy atom. The highest BCUT2D eigenvalue weighted by atomic mass is 16.6. The molecule has 1 saturated heterocycles. The van der Waals surface area contributed by atoms with Crippen molar-refractivity contribution < 1.29 is 28.9 Å². The maximum atomic E-state index is 13.2. The van der Waals surface area contributed by atoms with E-state index in [4.69, 9.17) is 9.37 Å². The van der Waals surface area contributed by atoms with Crippen LogP contribution in [0.2, 0.25) is 0 Å². The number of amides is 2. The molecule has 1 aliphatic heterocycles. The molecule has 10 heteroatoms. The standard InChI is InChI=1S/C25H22N4O6/c30-22(29-11-5-6-14-12-25(14,29)23(31)32)20-21(28-35-27-20)26-24(33)34-13-19-17-9-3-1-7-15(17)16-8-2-4-10-18(16)19/h1-4,7-10,14,19H,5-6,11-13H2,(H,31,32)(H,26,28,33). The van der Waals surface area contributed by atoms with Crippen molar-refractivity contribution in [3.05, 3.63) is 65.4 Å². The van der Waals surface area contributed by atoms with E-state index < -0.39 is 23.5 Å². The van der Waals surface area contributed by atoms with Gasteiger partial charge in [0, 0.05) is 12.5 Å². The topological polar surface area (TPSA) is 135 Å². The highest BCUT2D eigenvalue weighted by Crippen LogP contribution is 2.54. The van der Waals surface area contributed by atoms with E-state index in [2.05, 4.69) is 15.6 Å². The number of carbonyl (C=O) groups is 3. The number of aromatic nitrogens is 2. The summed E-state index contributed by atoms with van der Waals surface area (Å²) in [6.07, 6.45) is 1.06. The number of likely N-dealkylation sites (tertiary alicyclic amines) is 1. The molecule has 2 amide bonds. The Morgan fingerprint density at radius 1 is 1.09 bits per heavy atom. The normalized spacial score (nSPS) is 22.1. The average molecular weight is 474 g/mol. The summed E-state index contributed by atoms with van der Waals surface area (Å²) >= 11 is 0. The van der Waals surface area contributed by atoms with Gasteiger partial charge in [0.2, 0.25) is 11.5 Å². The van der Waals surface area contributed by atoms with Crippen molar-refractivity contribution in [2.75, 3.05) is 18.5 Å². The minimum Gasteiger partial charge on any atom is -0.479 e. The monoisotopic (exact) mass is 474 g/mol. The van der Waals surface area contributed by atoms with Crippen molar-refractivity contribution in [3.63, 3.8) is 0 Å². The zero-order chi connectivity index (χ0) is 24.2. The third-order valence-corrected chi connectivity index (χ3v) is 7.36. The molecule has 1 saturated carbocycles. The van der Waals surface area contributed by atoms with E-state index in [1.54, 1.807) is 0 Å². The van der Waals surface area contributed by atoms with Crippen LogP contribution in [-0.2, 0) is 9.53 Å². The minimum absolute atomic E-state index is 0.0731. The number of carbonyl (C=O) groups excluding carboxylic acids is 2. The molecule has 10 nitrogen and oxygen atoms in total. The molecule has 2 fully saturated rings. The zero-order valence-electron chi connectivity index (χ0n) is 18.6. The number of nitrogens with zero attached hydrogens (tertiary/aromatic N) is 3. The lowest BCUT2D eigenvalue weighted by molar-refractivity contribution is -0.145. The summed E-state index contributed by atoms with van der Waals surface area (Å²) in [6, 6.07) is 16.0. The summed E-state index contributed by atoms with van der Waals surface area (Å²) < 4.78 is 10.2. The van der Waals surface area contributed by atoms with Gasteiger partial charge in [-0.3, -0.25) is 10.1 Å². The fourth-order valence-electron chi connectivity index (χ4n) is 5.61. The SMILES string of the molecule is O=C(Nc1nonc1C(=O)N1CCCC2CC21C(=O)O)OCC1c2ccccc2-c2ccccc21. The molecule has 2 aliphatic carbocycles. The number of benzene rings is 2. The van der Waals surface area contributed by atoms with Gasteiger partial charge in [0.25, 0.3) is 5.91 Å². The van der Waals surface area contributed by atoms with Crippen molar-refractivity contribution in [1.29, 1.82) is 0 Å². The molecular formula is C25H22N4O6. The van der Waals surface area contributed by atoms with Crippen molar-refractivity contribution in [2.45, 2.75) is 30.7 Å². The Kier molecular flexibility index (Phi) is 4.84. The molecule has 6 rings (SSSR count). The number of hydrogen-bond acceptors (Lipinski definition) is 7. The Balaban J connectivity index is 1.16. The number of carboxylic acids is 1. The Morgan fingerprint density at radius 3 is 2.46 bits per heavy atom. The molecule has 2 N–H and O–H groups in total. The molecule has 0 radical (unpaired) electrons. The first-order chi connectivity index (χ1) is 17.0. The lowest BCUT2D eigenvalue weighted by atomic mass is 9.98. The highest BCUT2D eigenvalue weighted by Gasteiger charge is 2.67. The van der Waals surface area contributed by atoms with Crippen molar-refractivity contribution in [2.24, 2.45) is 5.92 Å². The van der Waals surface area contributed by atoms with E-state index in [0.29, 0.717) is 19.4 Å². The molecule has 3 aliphatic rings. The van der Waals surface area contributed by atoms with E-state index in [0.717, 1.165) is 28.7 Å². The van der Waals surface area contributed by atoms with Crippen LogP contribution in [0.15, 0.2) is 53.2 Å². The number of fused-ring (bicyclic) bond motifs is 4. The number of nitrogens with one attached hydrogen (secondary N) is 1. The Hall–Kier alpha value is -4.21. The maximum Gasteiger partial charge on any atom is 0.412 e. The summed E-state index contributed by atoms with van der Waals surface area (Å²) in [7, 11) is 0. The molecule has 1 aromatic heterocycles. The Bertz CT molecular complexity index is 1310. The predicted octanol–water partition coefficient (Wildman–Crippen LogP) is 3.51. The zero-order valence-corrected chi connectivity index (χ0v) is 18.6. The quantitative estimate of drug-likeness (QED) is 0.574. The predicted molar refractivity (Wildman–Crippen MR) is 122 cm³/mol. The summed E-state index contributed by atoms with van der Waals surface area (Å²) in [6.45, 7) is 0.378. The first-order valence-electron chi connectivity index (χ1n) is 11.5. The number of hydrogen-bond donors (Lipinski definition) is 2. The second kappa shape index (κ2) is 7.93.